The van der Waals surface area contributed by atoms with E-state index in [1.165, 1.54) is 7.11 Å². The quantitative estimate of drug-likeness (QED) is 0.802. The van der Waals surface area contributed by atoms with Gasteiger partial charge in [0.1, 0.15) is 0 Å². The van der Waals surface area contributed by atoms with Gasteiger partial charge >= 0.3 is 5.97 Å². The van der Waals surface area contributed by atoms with Crippen LogP contribution in [0.15, 0.2) is 12.1 Å². The molecule has 1 aromatic rings. The van der Waals surface area contributed by atoms with E-state index in [0.717, 1.165) is 6.42 Å². The molecular weight excluding hydrogens is 264 g/mol. The predicted molar refractivity (Wildman–Crippen MR) is 69.9 cm³/mol. The van der Waals surface area contributed by atoms with Crippen molar-refractivity contribution in [1.82, 2.24) is 0 Å². The van der Waals surface area contributed by atoms with Crippen LogP contribution < -0.4 is 14.2 Å². The lowest BCUT2D eigenvalue weighted by Gasteiger charge is -2.13. The monoisotopic (exact) mass is 282 g/mol. The Morgan fingerprint density at radius 2 is 2.25 bits per heavy atom. The zero-order chi connectivity index (χ0) is 14.5. The molecule has 20 heavy (non-hydrogen) atoms. The molecule has 0 aromatic heterocycles. The molecule has 1 atom stereocenters. The number of fused-ring (bicyclic) bond motifs is 1. The van der Waals surface area contributed by atoms with Crippen molar-refractivity contribution >= 4 is 5.97 Å². The van der Waals surface area contributed by atoms with Crippen LogP contribution in [0, 0.1) is 0 Å². The third-order valence-electron chi connectivity index (χ3n) is 2.89. The first-order valence-electron chi connectivity index (χ1n) is 6.47. The molecule has 0 amide bonds. The van der Waals surface area contributed by atoms with E-state index in [-0.39, 0.29) is 13.2 Å². The number of aliphatic hydroxyl groups excluding tert-OH is 1. The molecule has 6 heteroatoms. The smallest absolute Gasteiger partial charge is 0.308 e. The number of carbonyl (C=O) groups excluding carboxylic acids is 1. The third-order valence-corrected chi connectivity index (χ3v) is 2.89. The van der Waals surface area contributed by atoms with Crippen molar-refractivity contribution in [3.63, 3.8) is 0 Å². The van der Waals surface area contributed by atoms with Crippen molar-refractivity contribution in [2.75, 3.05) is 20.5 Å². The molecule has 0 spiro atoms. The Labute approximate surface area is 117 Å². The molecule has 0 saturated heterocycles. The van der Waals surface area contributed by atoms with Gasteiger partial charge in [-0.2, -0.15) is 0 Å². The van der Waals surface area contributed by atoms with Gasteiger partial charge in [-0.05, 0) is 24.1 Å². The summed E-state index contributed by atoms with van der Waals surface area (Å²) in [6.07, 6.45) is -0.328. The second-order valence-electron chi connectivity index (χ2n) is 4.40. The van der Waals surface area contributed by atoms with Crippen LogP contribution in [0.3, 0.4) is 0 Å². The van der Waals surface area contributed by atoms with Gasteiger partial charge in [0.25, 0.3) is 0 Å². The summed E-state index contributed by atoms with van der Waals surface area (Å²) in [4.78, 5) is 11.5. The summed E-state index contributed by atoms with van der Waals surface area (Å²) in [5.74, 6) is 1.05. The fourth-order valence-corrected chi connectivity index (χ4v) is 1.89. The first-order valence-corrected chi connectivity index (χ1v) is 6.47. The van der Waals surface area contributed by atoms with Crippen molar-refractivity contribution in [2.45, 2.75) is 25.9 Å². The number of ether oxygens (including phenoxy) is 4. The zero-order valence-electron chi connectivity index (χ0n) is 11.5. The molecule has 0 radical (unpaired) electrons. The Balaban J connectivity index is 2.10. The van der Waals surface area contributed by atoms with E-state index < -0.39 is 12.1 Å². The van der Waals surface area contributed by atoms with E-state index in [2.05, 4.69) is 0 Å². The molecule has 1 aliphatic rings. The maximum atomic E-state index is 11.5. The Bertz CT molecular complexity index is 485. The zero-order valence-corrected chi connectivity index (χ0v) is 11.5. The molecule has 1 aliphatic heterocycles. The minimum absolute atomic E-state index is 0.108. The van der Waals surface area contributed by atoms with Gasteiger partial charge in [-0.15, -0.1) is 0 Å². The van der Waals surface area contributed by atoms with Crippen molar-refractivity contribution < 1.29 is 28.8 Å². The minimum Gasteiger partial charge on any atom is -0.493 e. The molecule has 1 N–H and O–H groups in total. The number of hydrogen-bond acceptors (Lipinski definition) is 6. The number of aliphatic hydroxyl groups is 1. The predicted octanol–water partition coefficient (Wildman–Crippen LogP) is 1.80. The lowest BCUT2D eigenvalue weighted by atomic mass is 10.1. The fourth-order valence-electron chi connectivity index (χ4n) is 1.89. The highest BCUT2D eigenvalue weighted by atomic mass is 16.7. The number of esters is 1. The second-order valence-corrected chi connectivity index (χ2v) is 4.40. The first kappa shape index (κ1) is 14.5. The largest absolute Gasteiger partial charge is 0.493 e. The van der Waals surface area contributed by atoms with Crippen LogP contribution in [0.2, 0.25) is 0 Å². The fraction of sp³-hybridized carbons (Fsp3) is 0.500. The van der Waals surface area contributed by atoms with Crippen LogP contribution in [-0.2, 0) is 9.53 Å². The highest BCUT2D eigenvalue weighted by molar-refractivity contribution is 5.70. The molecule has 0 bridgehead atoms. The summed E-state index contributed by atoms with van der Waals surface area (Å²) < 4.78 is 20.7. The highest BCUT2D eigenvalue weighted by Gasteiger charge is 2.23. The molecule has 1 heterocycles. The van der Waals surface area contributed by atoms with Gasteiger partial charge in [0, 0.05) is 0 Å². The Kier molecular flexibility index (Phi) is 4.68. The lowest BCUT2D eigenvalue weighted by molar-refractivity contribution is -0.146. The molecule has 0 fully saturated rings. The lowest BCUT2D eigenvalue weighted by Crippen LogP contribution is -2.11. The molecule has 0 aliphatic carbocycles. The summed E-state index contributed by atoms with van der Waals surface area (Å²) in [5, 5.41) is 10.1. The van der Waals surface area contributed by atoms with Crippen LogP contribution in [0.5, 0.6) is 17.2 Å². The number of rotatable bonds is 6. The number of carbonyl (C=O) groups is 1. The standard InChI is InChI=1S/C14H18O6/c1-3-4-18-13(16)7-10(15)9-5-11(17-2)14-12(6-9)19-8-20-14/h5-6,10,15H,3-4,7-8H2,1-2H3. The van der Waals surface area contributed by atoms with Crippen molar-refractivity contribution in [3.05, 3.63) is 17.7 Å². The van der Waals surface area contributed by atoms with Gasteiger partial charge in [-0.1, -0.05) is 6.92 Å². The number of hydrogen-bond donors (Lipinski definition) is 1. The number of benzene rings is 1. The van der Waals surface area contributed by atoms with Gasteiger partial charge in [0.15, 0.2) is 11.5 Å². The normalized spacial score (nSPS) is 13.9. The van der Waals surface area contributed by atoms with Crippen LogP contribution >= 0.6 is 0 Å². The summed E-state index contributed by atoms with van der Waals surface area (Å²) in [7, 11) is 1.50. The van der Waals surface area contributed by atoms with Crippen LogP contribution in [0.4, 0.5) is 0 Å². The second kappa shape index (κ2) is 6.47. The van der Waals surface area contributed by atoms with Gasteiger partial charge in [0.05, 0.1) is 26.2 Å². The van der Waals surface area contributed by atoms with E-state index in [1.54, 1.807) is 12.1 Å². The topological polar surface area (TPSA) is 74.2 Å². The molecule has 110 valence electrons. The minimum atomic E-state index is -0.970. The van der Waals surface area contributed by atoms with Gasteiger partial charge in [-0.3, -0.25) is 4.79 Å². The molecule has 0 saturated carbocycles. The summed E-state index contributed by atoms with van der Waals surface area (Å²) in [6, 6.07) is 3.27. The number of methoxy groups -OCH3 is 1. The van der Waals surface area contributed by atoms with Crippen LogP contribution in [0.1, 0.15) is 31.4 Å². The third kappa shape index (κ3) is 3.14. The maximum Gasteiger partial charge on any atom is 0.308 e. The molecule has 1 aromatic carbocycles. The van der Waals surface area contributed by atoms with E-state index in [4.69, 9.17) is 18.9 Å². The van der Waals surface area contributed by atoms with Crippen LogP contribution in [0.25, 0.3) is 0 Å². The molecular formula is C14H18O6. The van der Waals surface area contributed by atoms with Crippen molar-refractivity contribution in [2.24, 2.45) is 0 Å². The summed E-state index contributed by atoms with van der Waals surface area (Å²) in [5.41, 5.74) is 0.527. The van der Waals surface area contributed by atoms with Gasteiger partial charge in [-0.25, -0.2) is 0 Å². The van der Waals surface area contributed by atoms with E-state index in [1.807, 2.05) is 6.92 Å². The first-order chi connectivity index (χ1) is 9.65. The van der Waals surface area contributed by atoms with Crippen LogP contribution in [-0.4, -0.2) is 31.6 Å². The molecule has 6 nitrogen and oxygen atoms in total. The Hall–Kier alpha value is -1.95. The van der Waals surface area contributed by atoms with Crippen molar-refractivity contribution in [3.8, 4) is 17.2 Å². The van der Waals surface area contributed by atoms with Crippen molar-refractivity contribution in [1.29, 1.82) is 0 Å². The van der Waals surface area contributed by atoms with Gasteiger partial charge < -0.3 is 24.1 Å². The van der Waals surface area contributed by atoms with E-state index in [0.29, 0.717) is 29.4 Å². The Morgan fingerprint density at radius 3 is 2.95 bits per heavy atom. The Morgan fingerprint density at radius 1 is 1.45 bits per heavy atom. The average molecular weight is 282 g/mol. The summed E-state index contributed by atoms with van der Waals surface area (Å²) >= 11 is 0. The SMILES string of the molecule is CCCOC(=O)CC(O)c1cc(OC)c2c(c1)OCO2. The van der Waals surface area contributed by atoms with Gasteiger partial charge in [0.2, 0.25) is 12.5 Å². The molecule has 2 rings (SSSR count). The maximum absolute atomic E-state index is 11.5. The highest BCUT2D eigenvalue weighted by Crippen LogP contribution is 2.43. The van der Waals surface area contributed by atoms with E-state index >= 15 is 0 Å². The summed E-state index contributed by atoms with van der Waals surface area (Å²) in [6.45, 7) is 2.38. The van der Waals surface area contributed by atoms with E-state index in [9.17, 15) is 9.90 Å². The average Bonchev–Trinajstić information content (AvgIpc) is 2.92. The molecule has 1 unspecified atom stereocenters.